The number of fused-ring (bicyclic) bond motifs is 1. The van der Waals surface area contributed by atoms with Gasteiger partial charge in [0.05, 0.1) is 11.7 Å². The number of pyridine rings is 2. The fourth-order valence-electron chi connectivity index (χ4n) is 4.94. The lowest BCUT2D eigenvalue weighted by atomic mass is 9.90. The number of thiophene rings is 1. The molecule has 0 aromatic carbocycles. The first-order valence-corrected chi connectivity index (χ1v) is 12.3. The normalized spacial score (nSPS) is 17.6. The predicted molar refractivity (Wildman–Crippen MR) is 129 cm³/mol. The average Bonchev–Trinajstić information content (AvgIpc) is 3.18. The highest BCUT2D eigenvalue weighted by Crippen LogP contribution is 2.45. The summed E-state index contributed by atoms with van der Waals surface area (Å²) in [5, 5.41) is 4.17. The molecule has 1 aliphatic heterocycles. The molecule has 32 heavy (non-hydrogen) atoms. The Kier molecular flexibility index (Phi) is 6.19. The zero-order valence-corrected chi connectivity index (χ0v) is 19.3. The maximum absolute atomic E-state index is 12.1. The van der Waals surface area contributed by atoms with Gasteiger partial charge in [0.25, 0.3) is 0 Å². The van der Waals surface area contributed by atoms with E-state index in [-0.39, 0.29) is 11.9 Å². The van der Waals surface area contributed by atoms with Gasteiger partial charge in [0, 0.05) is 55.9 Å². The molecule has 1 fully saturated rings. The van der Waals surface area contributed by atoms with Crippen molar-refractivity contribution < 1.29 is 4.79 Å². The van der Waals surface area contributed by atoms with E-state index in [1.165, 1.54) is 28.8 Å². The molecule has 166 valence electrons. The fraction of sp³-hybridized carbons (Fsp3) is 0.400. The van der Waals surface area contributed by atoms with E-state index < -0.39 is 0 Å². The summed E-state index contributed by atoms with van der Waals surface area (Å²) >= 11 is 1.77. The van der Waals surface area contributed by atoms with Crippen LogP contribution in [0.2, 0.25) is 0 Å². The molecular weight excluding hydrogens is 418 g/mol. The Labute approximate surface area is 193 Å². The van der Waals surface area contributed by atoms with Crippen LogP contribution in [-0.4, -0.2) is 47.0 Å². The molecule has 0 bridgehead atoms. The fourth-order valence-corrected chi connectivity index (χ4v) is 6.31. The smallest absolute Gasteiger partial charge is 0.221 e. The van der Waals surface area contributed by atoms with Gasteiger partial charge in [0.15, 0.2) is 0 Å². The Balaban J connectivity index is 1.51. The average molecular weight is 448 g/mol. The van der Waals surface area contributed by atoms with E-state index >= 15 is 0 Å². The van der Waals surface area contributed by atoms with Gasteiger partial charge in [-0.3, -0.25) is 14.7 Å². The van der Waals surface area contributed by atoms with E-state index in [0.717, 1.165) is 55.5 Å². The van der Waals surface area contributed by atoms with Gasteiger partial charge in [0.2, 0.25) is 5.91 Å². The molecule has 1 N–H and O–H groups in total. The molecule has 6 nitrogen and oxygen atoms in total. The molecule has 3 aromatic rings. The van der Waals surface area contributed by atoms with Crippen LogP contribution in [0.4, 0.5) is 10.8 Å². The van der Waals surface area contributed by atoms with Gasteiger partial charge < -0.3 is 10.2 Å². The zero-order chi connectivity index (χ0) is 21.9. The van der Waals surface area contributed by atoms with Crippen molar-refractivity contribution in [3.05, 3.63) is 70.5 Å². The third-order valence-electron chi connectivity index (χ3n) is 6.40. The summed E-state index contributed by atoms with van der Waals surface area (Å²) in [5.41, 5.74) is 3.76. The lowest BCUT2D eigenvalue weighted by Crippen LogP contribution is -2.48. The standard InChI is InChI=1S/C25H29N5OS/c1-18(31)28-25-23(19-8-2-3-10-21(19)32-25)24(20-9-4-6-12-26-20)30-16-14-29(15-17-30)22-11-5-7-13-27-22/h4-7,9,11-13,24H,2-3,8,10,14-17H2,1H3,(H,28,31)/t24-/m0/s1. The maximum Gasteiger partial charge on any atom is 0.221 e. The van der Waals surface area contributed by atoms with Crippen LogP contribution in [0.15, 0.2) is 48.8 Å². The van der Waals surface area contributed by atoms with Gasteiger partial charge >= 0.3 is 0 Å². The van der Waals surface area contributed by atoms with E-state index in [4.69, 9.17) is 4.98 Å². The van der Waals surface area contributed by atoms with E-state index in [9.17, 15) is 4.79 Å². The van der Waals surface area contributed by atoms with Gasteiger partial charge in [-0.2, -0.15) is 0 Å². The highest BCUT2D eigenvalue weighted by molar-refractivity contribution is 7.16. The largest absolute Gasteiger partial charge is 0.354 e. The lowest BCUT2D eigenvalue weighted by Gasteiger charge is -2.40. The number of piperazine rings is 1. The first-order chi connectivity index (χ1) is 15.7. The number of nitrogens with one attached hydrogen (secondary N) is 1. The Morgan fingerprint density at radius 3 is 2.44 bits per heavy atom. The van der Waals surface area contributed by atoms with Gasteiger partial charge in [-0.15, -0.1) is 11.3 Å². The van der Waals surface area contributed by atoms with Crippen LogP contribution in [0.25, 0.3) is 0 Å². The summed E-state index contributed by atoms with van der Waals surface area (Å²) in [6.07, 6.45) is 8.36. The lowest BCUT2D eigenvalue weighted by molar-refractivity contribution is -0.114. The molecule has 1 amide bonds. The summed E-state index contributed by atoms with van der Waals surface area (Å²) in [5.74, 6) is 1.03. The third-order valence-corrected chi connectivity index (χ3v) is 7.62. The molecule has 7 heteroatoms. The van der Waals surface area contributed by atoms with Crippen LogP contribution < -0.4 is 10.2 Å². The minimum atomic E-state index is -0.00964. The number of hydrogen-bond donors (Lipinski definition) is 1. The topological polar surface area (TPSA) is 61.4 Å². The molecule has 2 aliphatic rings. The van der Waals surface area contributed by atoms with Crippen molar-refractivity contribution in [1.82, 2.24) is 14.9 Å². The molecule has 4 heterocycles. The van der Waals surface area contributed by atoms with E-state index in [1.54, 1.807) is 18.3 Å². The number of anilines is 2. The Bertz CT molecular complexity index is 1060. The first-order valence-electron chi connectivity index (χ1n) is 11.4. The summed E-state index contributed by atoms with van der Waals surface area (Å²) in [7, 11) is 0. The van der Waals surface area contributed by atoms with Crippen LogP contribution in [0.3, 0.4) is 0 Å². The Morgan fingerprint density at radius 2 is 1.75 bits per heavy atom. The highest BCUT2D eigenvalue weighted by atomic mass is 32.1. The van der Waals surface area contributed by atoms with Crippen LogP contribution in [0.5, 0.6) is 0 Å². The number of aromatic nitrogens is 2. The van der Waals surface area contributed by atoms with Gasteiger partial charge in [-0.1, -0.05) is 12.1 Å². The summed E-state index contributed by atoms with van der Waals surface area (Å²) in [4.78, 5) is 27.7. The second-order valence-electron chi connectivity index (χ2n) is 8.50. The Hall–Kier alpha value is -2.77. The molecule has 1 atom stereocenters. The second kappa shape index (κ2) is 9.38. The molecule has 3 aromatic heterocycles. The Morgan fingerprint density at radius 1 is 1.00 bits per heavy atom. The third kappa shape index (κ3) is 4.27. The minimum Gasteiger partial charge on any atom is -0.354 e. The first kappa shape index (κ1) is 21.1. The van der Waals surface area contributed by atoms with Gasteiger partial charge in [-0.25, -0.2) is 4.98 Å². The van der Waals surface area contributed by atoms with E-state index in [2.05, 4.69) is 38.3 Å². The van der Waals surface area contributed by atoms with Gasteiger partial charge in [-0.05, 0) is 55.5 Å². The number of carbonyl (C=O) groups excluding carboxylic acids is 1. The van der Waals surface area contributed by atoms with Crippen molar-refractivity contribution in [2.75, 3.05) is 36.4 Å². The molecule has 1 aliphatic carbocycles. The van der Waals surface area contributed by atoms with Crippen molar-refractivity contribution in [1.29, 1.82) is 0 Å². The van der Waals surface area contributed by atoms with Crippen molar-refractivity contribution in [2.24, 2.45) is 0 Å². The van der Waals surface area contributed by atoms with Crippen molar-refractivity contribution in [3.63, 3.8) is 0 Å². The SMILES string of the molecule is CC(=O)Nc1sc2c(c1[C@H](c1ccccn1)N1CCN(c3ccccn3)CC1)CCCC2. The molecule has 0 spiro atoms. The van der Waals surface area contributed by atoms with Crippen LogP contribution in [0, 0.1) is 0 Å². The quantitative estimate of drug-likeness (QED) is 0.632. The number of carbonyl (C=O) groups is 1. The molecule has 5 rings (SSSR count). The summed E-state index contributed by atoms with van der Waals surface area (Å²) in [6.45, 7) is 5.28. The van der Waals surface area contributed by atoms with Crippen LogP contribution in [-0.2, 0) is 17.6 Å². The van der Waals surface area contributed by atoms with Crippen LogP contribution in [0.1, 0.15) is 47.5 Å². The monoisotopic (exact) mass is 447 g/mol. The van der Waals surface area contributed by atoms with Crippen molar-refractivity contribution >= 4 is 28.1 Å². The maximum atomic E-state index is 12.1. The predicted octanol–water partition coefficient (Wildman–Crippen LogP) is 4.29. The minimum absolute atomic E-state index is 0.00964. The number of hydrogen-bond acceptors (Lipinski definition) is 6. The molecule has 0 unspecified atom stereocenters. The number of amides is 1. The van der Waals surface area contributed by atoms with Crippen LogP contribution >= 0.6 is 11.3 Å². The number of rotatable bonds is 5. The second-order valence-corrected chi connectivity index (χ2v) is 9.61. The number of aryl methyl sites for hydroxylation is 1. The molecular formula is C25H29N5OS. The van der Waals surface area contributed by atoms with E-state index in [1.807, 2.05) is 30.6 Å². The summed E-state index contributed by atoms with van der Waals surface area (Å²) in [6, 6.07) is 12.3. The molecule has 1 saturated heterocycles. The number of nitrogens with zero attached hydrogens (tertiary/aromatic N) is 4. The molecule has 0 saturated carbocycles. The van der Waals surface area contributed by atoms with E-state index in [0.29, 0.717) is 0 Å². The zero-order valence-electron chi connectivity index (χ0n) is 18.5. The highest BCUT2D eigenvalue weighted by Gasteiger charge is 2.34. The van der Waals surface area contributed by atoms with Crippen molar-refractivity contribution in [2.45, 2.75) is 38.6 Å². The van der Waals surface area contributed by atoms with Crippen molar-refractivity contribution in [3.8, 4) is 0 Å². The molecule has 0 radical (unpaired) electrons. The summed E-state index contributed by atoms with van der Waals surface area (Å²) < 4.78 is 0. The van der Waals surface area contributed by atoms with Gasteiger partial charge in [0.1, 0.15) is 10.8 Å².